The maximum absolute atomic E-state index is 12.7. The Morgan fingerprint density at radius 3 is 2.39 bits per heavy atom. The number of hydrogen-bond acceptors (Lipinski definition) is 6. The Morgan fingerprint density at radius 2 is 1.79 bits per heavy atom. The van der Waals surface area contributed by atoms with Crippen LogP contribution in [0.15, 0.2) is 65.2 Å². The summed E-state index contributed by atoms with van der Waals surface area (Å²) in [6.07, 6.45) is 2.84. The smallest absolute Gasteiger partial charge is 0.412 e. The second-order valence-corrected chi connectivity index (χ2v) is 8.88. The summed E-state index contributed by atoms with van der Waals surface area (Å²) in [5.41, 5.74) is 2.43. The fraction of sp³-hybridized carbons (Fsp3) is 0.333. The molecule has 2 aromatic rings. The van der Waals surface area contributed by atoms with E-state index in [1.807, 2.05) is 38.1 Å². The molecule has 178 valence electrons. The van der Waals surface area contributed by atoms with Crippen LogP contribution in [0.1, 0.15) is 38.4 Å². The van der Waals surface area contributed by atoms with Crippen LogP contribution in [0.4, 0.5) is 10.5 Å². The number of aliphatic hydroxyl groups excluding tert-OH is 1. The summed E-state index contributed by atoms with van der Waals surface area (Å²) in [5, 5.41) is 20.3. The zero-order valence-electron chi connectivity index (χ0n) is 18.6. The van der Waals surface area contributed by atoms with Crippen LogP contribution in [0, 0.1) is 5.41 Å². The number of ether oxygens (including phenoxy) is 2. The molecule has 2 aromatic carbocycles. The van der Waals surface area contributed by atoms with Crippen molar-refractivity contribution < 1.29 is 29.4 Å². The second-order valence-electron chi connectivity index (χ2n) is 7.96. The molecule has 0 aliphatic rings. The Kier molecular flexibility index (Phi) is 10.4. The number of carbonyl (C=O) groups excluding carboxylic acids is 2. The topological polar surface area (TPSA) is 117 Å². The lowest BCUT2D eigenvalue weighted by atomic mass is 9.78. The van der Waals surface area contributed by atoms with Crippen molar-refractivity contribution >= 4 is 33.6 Å². The first kappa shape index (κ1) is 26.4. The molecule has 0 radical (unpaired) electrons. The number of hydroxylamine groups is 1. The minimum atomic E-state index is -0.604. The first-order valence-corrected chi connectivity index (χ1v) is 11.2. The van der Waals surface area contributed by atoms with Gasteiger partial charge in [-0.2, -0.15) is 0 Å². The Morgan fingerprint density at radius 1 is 1.12 bits per heavy atom. The van der Waals surface area contributed by atoms with E-state index in [1.165, 1.54) is 6.08 Å². The molecule has 9 heteroatoms. The van der Waals surface area contributed by atoms with Crippen LogP contribution >= 0.6 is 15.9 Å². The van der Waals surface area contributed by atoms with Gasteiger partial charge in [0.15, 0.2) is 0 Å². The zero-order chi connectivity index (χ0) is 24.3. The first-order valence-electron chi connectivity index (χ1n) is 10.4. The molecule has 4 N–H and O–H groups in total. The molecule has 2 rings (SSSR count). The molecule has 0 unspecified atom stereocenters. The van der Waals surface area contributed by atoms with Gasteiger partial charge in [-0.15, -0.1) is 0 Å². The van der Waals surface area contributed by atoms with Crippen LogP contribution in [0.3, 0.4) is 0 Å². The average molecular weight is 521 g/mol. The van der Waals surface area contributed by atoms with Crippen molar-refractivity contribution in [2.75, 3.05) is 18.5 Å². The molecule has 0 spiro atoms. The zero-order valence-corrected chi connectivity index (χ0v) is 20.2. The van der Waals surface area contributed by atoms with Crippen molar-refractivity contribution in [3.63, 3.8) is 0 Å². The van der Waals surface area contributed by atoms with E-state index in [2.05, 4.69) is 21.2 Å². The van der Waals surface area contributed by atoms with E-state index in [1.54, 1.807) is 35.8 Å². The minimum absolute atomic E-state index is 0.0848. The molecule has 1 atom stereocenters. The Hall–Kier alpha value is -2.88. The molecule has 33 heavy (non-hydrogen) atoms. The quantitative estimate of drug-likeness (QED) is 0.188. The lowest BCUT2D eigenvalue weighted by Crippen LogP contribution is -2.29. The summed E-state index contributed by atoms with van der Waals surface area (Å²) in [6, 6.07) is 14.3. The van der Waals surface area contributed by atoms with Gasteiger partial charge >= 0.3 is 6.09 Å². The SMILES string of the molecule is CC(C)(CC/C=C/C(=O)NO)[C@H](OC(=O)Nc1ccc(Br)cc1)c1ccc(OCCO)cc1. The van der Waals surface area contributed by atoms with Gasteiger partial charge in [0.1, 0.15) is 18.5 Å². The molecular formula is C24H29BrN2O6. The highest BCUT2D eigenvalue weighted by molar-refractivity contribution is 9.10. The molecule has 0 heterocycles. The van der Waals surface area contributed by atoms with E-state index < -0.39 is 23.5 Å². The van der Waals surface area contributed by atoms with E-state index >= 15 is 0 Å². The van der Waals surface area contributed by atoms with Crippen molar-refractivity contribution in [3.8, 4) is 5.75 Å². The number of allylic oxidation sites excluding steroid dienone is 1. The lowest BCUT2D eigenvalue weighted by molar-refractivity contribution is -0.124. The van der Waals surface area contributed by atoms with E-state index in [9.17, 15) is 9.59 Å². The minimum Gasteiger partial charge on any atom is -0.491 e. The molecule has 0 aromatic heterocycles. The van der Waals surface area contributed by atoms with Gasteiger partial charge in [-0.05, 0) is 54.8 Å². The fourth-order valence-corrected chi connectivity index (χ4v) is 3.45. The third-order valence-electron chi connectivity index (χ3n) is 4.90. The maximum Gasteiger partial charge on any atom is 0.412 e. The maximum atomic E-state index is 12.7. The average Bonchev–Trinajstić information content (AvgIpc) is 2.80. The molecule has 0 bridgehead atoms. The Bertz CT molecular complexity index is 929. The highest BCUT2D eigenvalue weighted by Crippen LogP contribution is 2.41. The largest absolute Gasteiger partial charge is 0.491 e. The molecule has 0 aliphatic carbocycles. The van der Waals surface area contributed by atoms with Crippen molar-refractivity contribution in [3.05, 3.63) is 70.7 Å². The molecule has 0 fully saturated rings. The molecular weight excluding hydrogens is 492 g/mol. The van der Waals surface area contributed by atoms with Gasteiger partial charge in [0, 0.05) is 21.7 Å². The molecule has 0 saturated heterocycles. The number of carbonyl (C=O) groups is 2. The van der Waals surface area contributed by atoms with Gasteiger partial charge < -0.3 is 14.6 Å². The van der Waals surface area contributed by atoms with Crippen LogP contribution in [0.5, 0.6) is 5.75 Å². The predicted molar refractivity (Wildman–Crippen MR) is 128 cm³/mol. The van der Waals surface area contributed by atoms with Crippen molar-refractivity contribution in [2.24, 2.45) is 5.41 Å². The van der Waals surface area contributed by atoms with Crippen molar-refractivity contribution in [2.45, 2.75) is 32.8 Å². The number of hydrogen-bond donors (Lipinski definition) is 4. The summed E-state index contributed by atoms with van der Waals surface area (Å²) in [5.74, 6) is -0.00503. The van der Waals surface area contributed by atoms with E-state index in [-0.39, 0.29) is 13.2 Å². The molecule has 8 nitrogen and oxygen atoms in total. The Labute approximate surface area is 201 Å². The fourth-order valence-electron chi connectivity index (χ4n) is 3.18. The van der Waals surface area contributed by atoms with Gasteiger partial charge in [0.25, 0.3) is 5.91 Å². The monoisotopic (exact) mass is 520 g/mol. The van der Waals surface area contributed by atoms with Gasteiger partial charge in [0.2, 0.25) is 0 Å². The molecule has 0 aliphatic heterocycles. The van der Waals surface area contributed by atoms with Crippen LogP contribution in [0.2, 0.25) is 0 Å². The van der Waals surface area contributed by atoms with Crippen LogP contribution in [-0.2, 0) is 9.53 Å². The third-order valence-corrected chi connectivity index (χ3v) is 5.43. The number of benzene rings is 2. The predicted octanol–water partition coefficient (Wildman–Crippen LogP) is 4.98. The molecule has 2 amide bonds. The van der Waals surface area contributed by atoms with Gasteiger partial charge in [-0.1, -0.05) is 48.0 Å². The third kappa shape index (κ3) is 8.88. The lowest BCUT2D eigenvalue weighted by Gasteiger charge is -2.34. The number of anilines is 1. The van der Waals surface area contributed by atoms with Crippen molar-refractivity contribution in [1.82, 2.24) is 5.48 Å². The van der Waals surface area contributed by atoms with Crippen LogP contribution < -0.4 is 15.5 Å². The first-order chi connectivity index (χ1) is 15.7. The van der Waals surface area contributed by atoms with E-state index in [0.29, 0.717) is 24.3 Å². The summed E-state index contributed by atoms with van der Waals surface area (Å²) < 4.78 is 12.2. The number of halogens is 1. The highest BCUT2D eigenvalue weighted by Gasteiger charge is 2.34. The van der Waals surface area contributed by atoms with Crippen LogP contribution in [0.25, 0.3) is 0 Å². The van der Waals surface area contributed by atoms with E-state index in [0.717, 1.165) is 10.0 Å². The van der Waals surface area contributed by atoms with Gasteiger partial charge in [-0.3, -0.25) is 15.3 Å². The second kappa shape index (κ2) is 13.0. The number of nitrogens with one attached hydrogen (secondary N) is 2. The summed E-state index contributed by atoms with van der Waals surface area (Å²) in [7, 11) is 0. The summed E-state index contributed by atoms with van der Waals surface area (Å²) >= 11 is 3.36. The normalized spacial score (nSPS) is 12.3. The Balaban J connectivity index is 2.18. The van der Waals surface area contributed by atoms with Gasteiger partial charge in [-0.25, -0.2) is 10.3 Å². The highest BCUT2D eigenvalue weighted by atomic mass is 79.9. The number of rotatable bonds is 11. The summed E-state index contributed by atoms with van der Waals surface area (Å²) in [4.78, 5) is 23.9. The van der Waals surface area contributed by atoms with Crippen molar-refractivity contribution in [1.29, 1.82) is 0 Å². The number of amides is 2. The van der Waals surface area contributed by atoms with Gasteiger partial charge in [0.05, 0.1) is 6.61 Å². The van der Waals surface area contributed by atoms with Crippen LogP contribution in [-0.4, -0.2) is 35.5 Å². The van der Waals surface area contributed by atoms with E-state index in [4.69, 9.17) is 19.8 Å². The standard InChI is InChI=1S/C24H29BrN2O6/c1-24(2,14-4-3-5-21(29)27-31)22(17-6-12-20(13-7-17)32-16-15-28)33-23(30)26-19-10-8-18(25)9-11-19/h3,5-13,22,28,31H,4,14-16H2,1-2H3,(H,26,30)(H,27,29)/b5-3+/t22-/m1/s1. The summed E-state index contributed by atoms with van der Waals surface area (Å²) in [6.45, 7) is 4.05. The molecule has 0 saturated carbocycles. The number of aliphatic hydroxyl groups is 1.